The van der Waals surface area contributed by atoms with Gasteiger partial charge in [-0.25, -0.2) is 18.4 Å². The standard InChI is InChI=1S/2C15H10ClFO2.2CH3.Sn/c2*16-12-6-4-11(5-7-12)14(15(18)19)9-10-2-1-3-13(17)8-10;;;/h2*1-9H,(H,18,19);2*1H3;/b2*14-9+;;;. The molecule has 0 amide bonds. The van der Waals surface area contributed by atoms with Crippen molar-refractivity contribution in [1.29, 1.82) is 0 Å². The third-order valence-electron chi connectivity index (χ3n) is 5.09. The topological polar surface area (TPSA) is 74.6 Å². The molecule has 2 N–H and O–H groups in total. The Balaban J connectivity index is 0.000000262. The first-order valence-electron chi connectivity index (χ1n) is 12.1. The molecule has 0 aromatic heterocycles. The first kappa shape index (κ1) is 33.7. The first-order valence-corrected chi connectivity index (χ1v) is 18.5. The Hall–Kier alpha value is -3.46. The molecular weight excluding hydrogens is 676 g/mol. The zero-order chi connectivity index (χ0) is 30.4. The van der Waals surface area contributed by atoms with Gasteiger partial charge in [-0.05, 0) is 82.9 Å². The second kappa shape index (κ2) is 17.4. The molecule has 0 saturated heterocycles. The molecule has 4 aromatic rings. The first-order chi connectivity index (χ1) is 19.5. The van der Waals surface area contributed by atoms with E-state index in [1.807, 2.05) is 0 Å². The van der Waals surface area contributed by atoms with Crippen molar-refractivity contribution in [3.63, 3.8) is 0 Å². The number of halogens is 4. The normalized spacial score (nSPS) is 11.0. The molecule has 0 aliphatic heterocycles. The molecular formula is C32H26Cl2F2O4Sn. The predicted octanol–water partition coefficient (Wildman–Crippen LogP) is 9.00. The van der Waals surface area contributed by atoms with Gasteiger partial charge in [-0.1, -0.05) is 71.7 Å². The van der Waals surface area contributed by atoms with Crippen LogP contribution in [0.1, 0.15) is 22.3 Å². The maximum absolute atomic E-state index is 13.1. The molecule has 9 heteroatoms. The number of benzene rings is 4. The average Bonchev–Trinajstić information content (AvgIpc) is 2.92. The molecule has 0 aliphatic carbocycles. The van der Waals surface area contributed by atoms with Crippen molar-refractivity contribution in [2.45, 2.75) is 9.88 Å². The fourth-order valence-corrected chi connectivity index (χ4v) is 3.57. The zero-order valence-corrected chi connectivity index (χ0v) is 26.5. The zero-order valence-electron chi connectivity index (χ0n) is 22.1. The second-order valence-electron chi connectivity index (χ2n) is 8.35. The molecule has 4 rings (SSSR count). The average molecular weight is 702 g/mol. The number of carboxylic acids is 2. The van der Waals surface area contributed by atoms with E-state index in [0.29, 0.717) is 32.3 Å². The Morgan fingerprint density at radius 1 is 0.634 bits per heavy atom. The van der Waals surface area contributed by atoms with Crippen LogP contribution in [0.5, 0.6) is 0 Å². The van der Waals surface area contributed by atoms with Crippen molar-refractivity contribution in [2.75, 3.05) is 0 Å². The number of carbonyl (C=O) groups is 2. The Kier molecular flexibility index (Phi) is 14.3. The third kappa shape index (κ3) is 11.9. The quantitative estimate of drug-likeness (QED) is 0.120. The van der Waals surface area contributed by atoms with E-state index >= 15 is 0 Å². The predicted molar refractivity (Wildman–Crippen MR) is 164 cm³/mol. The van der Waals surface area contributed by atoms with E-state index in [4.69, 9.17) is 23.2 Å². The molecule has 0 fully saturated rings. The van der Waals surface area contributed by atoms with E-state index in [1.54, 1.807) is 60.7 Å². The Bertz CT molecular complexity index is 1400. The Morgan fingerprint density at radius 2 is 0.951 bits per heavy atom. The van der Waals surface area contributed by atoms with Crippen LogP contribution in [0.2, 0.25) is 19.9 Å². The molecule has 0 heterocycles. The fourth-order valence-electron chi connectivity index (χ4n) is 3.32. The molecule has 41 heavy (non-hydrogen) atoms. The minimum atomic E-state index is -1.08. The summed E-state index contributed by atoms with van der Waals surface area (Å²) in [7, 11) is 0. The van der Waals surface area contributed by atoms with Gasteiger partial charge in [0.1, 0.15) is 11.6 Å². The molecule has 0 unspecified atom stereocenters. The van der Waals surface area contributed by atoms with Gasteiger partial charge in [0.15, 0.2) is 0 Å². The van der Waals surface area contributed by atoms with E-state index in [0.717, 1.165) is 0 Å². The third-order valence-corrected chi connectivity index (χ3v) is 5.59. The van der Waals surface area contributed by atoms with Gasteiger partial charge >= 0.3 is 43.0 Å². The molecule has 0 atom stereocenters. The van der Waals surface area contributed by atoms with Gasteiger partial charge in [0.05, 0.1) is 11.1 Å². The molecule has 0 bridgehead atoms. The van der Waals surface area contributed by atoms with Crippen molar-refractivity contribution in [2.24, 2.45) is 0 Å². The number of rotatable bonds is 6. The molecule has 210 valence electrons. The maximum atomic E-state index is 13.1. The molecule has 4 aromatic carbocycles. The van der Waals surface area contributed by atoms with Gasteiger partial charge in [-0.15, -0.1) is 0 Å². The van der Waals surface area contributed by atoms with Crippen molar-refractivity contribution in [1.82, 2.24) is 0 Å². The minimum absolute atomic E-state index is 0.0854. The summed E-state index contributed by atoms with van der Waals surface area (Å²) >= 11 is 11.8. The number of hydrogen-bond acceptors (Lipinski definition) is 2. The summed E-state index contributed by atoms with van der Waals surface area (Å²) in [5, 5.41) is 19.5. The van der Waals surface area contributed by atoms with Gasteiger partial charge in [-0.3, -0.25) is 0 Å². The van der Waals surface area contributed by atoms with E-state index in [1.165, 1.54) is 48.6 Å². The van der Waals surface area contributed by atoms with Gasteiger partial charge < -0.3 is 10.2 Å². The van der Waals surface area contributed by atoms with Crippen LogP contribution >= 0.6 is 23.2 Å². The van der Waals surface area contributed by atoms with E-state index in [-0.39, 0.29) is 32.3 Å². The Morgan fingerprint density at radius 3 is 1.22 bits per heavy atom. The fraction of sp³-hybridized carbons (Fsp3) is 0.0625. The number of hydrogen-bond donors (Lipinski definition) is 2. The van der Waals surface area contributed by atoms with Crippen LogP contribution in [-0.4, -0.2) is 43.3 Å². The monoisotopic (exact) mass is 702 g/mol. The SMILES string of the molecule is O=C(O)/C(=C/c1cccc(F)c1)c1ccc(Cl)cc1.O=C(O)/C(=C/c1cccc(F)c1)c1ccc(Cl)cc1.[CH3][Sn][CH3]. The van der Waals surface area contributed by atoms with E-state index in [2.05, 4.69) is 9.88 Å². The summed E-state index contributed by atoms with van der Waals surface area (Å²) in [5.41, 5.74) is 2.19. The number of carboxylic acid groups (broad SMARTS) is 2. The van der Waals surface area contributed by atoms with Crippen LogP contribution < -0.4 is 0 Å². The van der Waals surface area contributed by atoms with Crippen molar-refractivity contribution < 1.29 is 28.6 Å². The summed E-state index contributed by atoms with van der Waals surface area (Å²) < 4.78 is 26.2. The molecule has 0 saturated carbocycles. The van der Waals surface area contributed by atoms with Crippen LogP contribution in [0.25, 0.3) is 23.3 Å². The van der Waals surface area contributed by atoms with Gasteiger partial charge in [-0.2, -0.15) is 0 Å². The summed E-state index contributed by atoms with van der Waals surface area (Å²) in [6.07, 6.45) is 2.85. The van der Waals surface area contributed by atoms with Crippen LogP contribution in [0.3, 0.4) is 0 Å². The summed E-state index contributed by atoms with van der Waals surface area (Å²) in [5.74, 6) is -2.97. The van der Waals surface area contributed by atoms with Crippen molar-refractivity contribution >= 4 is 79.6 Å². The van der Waals surface area contributed by atoms with Crippen LogP contribution in [0.15, 0.2) is 97.1 Å². The Labute approximate surface area is 257 Å². The summed E-state index contributed by atoms with van der Waals surface area (Å²) in [6.45, 7) is 0. The summed E-state index contributed by atoms with van der Waals surface area (Å²) in [6, 6.07) is 24.4. The van der Waals surface area contributed by atoms with Crippen LogP contribution in [0, 0.1) is 11.6 Å². The molecule has 0 aliphatic rings. The van der Waals surface area contributed by atoms with Crippen LogP contribution in [0.4, 0.5) is 8.78 Å². The van der Waals surface area contributed by atoms with Crippen LogP contribution in [-0.2, 0) is 9.59 Å². The second-order valence-corrected chi connectivity index (χ2v) is 12.1. The molecule has 0 spiro atoms. The van der Waals surface area contributed by atoms with Gasteiger partial charge in [0.25, 0.3) is 0 Å². The number of aliphatic carboxylic acids is 2. The van der Waals surface area contributed by atoms with E-state index in [9.17, 15) is 28.6 Å². The summed E-state index contributed by atoms with van der Waals surface area (Å²) in [4.78, 5) is 27.1. The van der Waals surface area contributed by atoms with Gasteiger partial charge in [0, 0.05) is 10.0 Å². The molecule has 2 radical (unpaired) electrons. The van der Waals surface area contributed by atoms with Crippen molar-refractivity contribution in [3.05, 3.63) is 141 Å². The van der Waals surface area contributed by atoms with Gasteiger partial charge in [0.2, 0.25) is 0 Å². The van der Waals surface area contributed by atoms with E-state index < -0.39 is 23.6 Å². The molecule has 4 nitrogen and oxygen atoms in total. The van der Waals surface area contributed by atoms with Crippen molar-refractivity contribution in [3.8, 4) is 0 Å².